The van der Waals surface area contributed by atoms with E-state index in [0.717, 1.165) is 22.3 Å². The van der Waals surface area contributed by atoms with E-state index in [1.807, 2.05) is 39.0 Å². The van der Waals surface area contributed by atoms with Gasteiger partial charge in [-0.1, -0.05) is 35.9 Å². The Morgan fingerprint density at radius 3 is 2.23 bits per heavy atom. The number of carbonyl (C=O) groups is 1. The number of halogens is 1. The lowest BCUT2D eigenvalue weighted by molar-refractivity contribution is 0.102. The highest BCUT2D eigenvalue weighted by Crippen LogP contribution is 2.26. The average molecular weight is 457 g/mol. The fourth-order valence-corrected chi connectivity index (χ4v) is 4.42. The summed E-state index contributed by atoms with van der Waals surface area (Å²) in [6.07, 6.45) is 1.20. The first-order chi connectivity index (χ1) is 14.5. The maximum absolute atomic E-state index is 12.6. The van der Waals surface area contributed by atoms with Crippen molar-refractivity contribution < 1.29 is 13.2 Å². The largest absolute Gasteiger partial charge is 0.322 e. The predicted octanol–water partition coefficient (Wildman–Crippen LogP) is 5.48. The molecule has 0 saturated carbocycles. The van der Waals surface area contributed by atoms with E-state index >= 15 is 0 Å². The summed E-state index contributed by atoms with van der Waals surface area (Å²) in [5, 5.41) is 3.48. The third-order valence-electron chi connectivity index (χ3n) is 5.01. The van der Waals surface area contributed by atoms with Gasteiger partial charge in [0.15, 0.2) is 0 Å². The molecule has 7 heteroatoms. The maximum Gasteiger partial charge on any atom is 0.255 e. The van der Waals surface area contributed by atoms with Crippen LogP contribution in [-0.4, -0.2) is 20.6 Å². The Hall–Kier alpha value is -2.83. The second kappa shape index (κ2) is 9.12. The third-order valence-corrected chi connectivity index (χ3v) is 6.37. The zero-order chi connectivity index (χ0) is 22.8. The highest BCUT2D eigenvalue weighted by atomic mass is 35.5. The number of aryl methyl sites for hydroxylation is 3. The molecule has 162 valence electrons. The van der Waals surface area contributed by atoms with Gasteiger partial charge < -0.3 is 5.32 Å². The Morgan fingerprint density at radius 1 is 0.935 bits per heavy atom. The van der Waals surface area contributed by atoms with Gasteiger partial charge in [-0.15, -0.1) is 0 Å². The van der Waals surface area contributed by atoms with Gasteiger partial charge in [-0.05, 0) is 79.4 Å². The lowest BCUT2D eigenvalue weighted by Gasteiger charge is -2.25. The van der Waals surface area contributed by atoms with Crippen LogP contribution in [0.2, 0.25) is 5.02 Å². The van der Waals surface area contributed by atoms with Crippen molar-refractivity contribution in [2.75, 3.05) is 15.9 Å². The Bertz CT molecular complexity index is 1220. The monoisotopic (exact) mass is 456 g/mol. The number of amides is 1. The van der Waals surface area contributed by atoms with Gasteiger partial charge in [0, 0.05) is 16.3 Å². The number of hydrogen-bond donors (Lipinski definition) is 1. The van der Waals surface area contributed by atoms with Crippen molar-refractivity contribution in [1.29, 1.82) is 0 Å². The van der Waals surface area contributed by atoms with Gasteiger partial charge in [-0.2, -0.15) is 0 Å². The van der Waals surface area contributed by atoms with Crippen molar-refractivity contribution in [1.82, 2.24) is 0 Å². The first-order valence-corrected chi connectivity index (χ1v) is 12.0. The van der Waals surface area contributed by atoms with Gasteiger partial charge in [0.2, 0.25) is 10.0 Å². The van der Waals surface area contributed by atoms with Crippen LogP contribution in [0, 0.1) is 20.8 Å². The van der Waals surface area contributed by atoms with Crippen LogP contribution < -0.4 is 9.62 Å². The smallest absolute Gasteiger partial charge is 0.255 e. The SMILES string of the molecule is Cc1ccc(C)c(N(Cc2ccc(C(=O)Nc3ccc(Cl)cc3C)cc2)S(C)(=O)=O)c1. The number of anilines is 2. The molecule has 0 bridgehead atoms. The Balaban J connectivity index is 1.81. The topological polar surface area (TPSA) is 66.5 Å². The molecule has 0 atom stereocenters. The molecule has 3 rings (SSSR count). The maximum atomic E-state index is 12.6. The van der Waals surface area contributed by atoms with Gasteiger partial charge in [-0.3, -0.25) is 9.10 Å². The highest BCUT2D eigenvalue weighted by molar-refractivity contribution is 7.92. The molecule has 0 spiro atoms. The van der Waals surface area contributed by atoms with E-state index in [-0.39, 0.29) is 12.5 Å². The average Bonchev–Trinajstić information content (AvgIpc) is 2.70. The zero-order valence-electron chi connectivity index (χ0n) is 17.9. The molecule has 0 heterocycles. The van der Waals surface area contributed by atoms with Crippen molar-refractivity contribution in [2.45, 2.75) is 27.3 Å². The number of sulfonamides is 1. The van der Waals surface area contributed by atoms with Crippen molar-refractivity contribution in [2.24, 2.45) is 0 Å². The molecule has 0 saturated heterocycles. The number of rotatable bonds is 6. The van der Waals surface area contributed by atoms with E-state index in [1.54, 1.807) is 42.5 Å². The Kier molecular flexibility index (Phi) is 6.72. The van der Waals surface area contributed by atoms with Crippen LogP contribution in [0.15, 0.2) is 60.7 Å². The van der Waals surface area contributed by atoms with Crippen LogP contribution >= 0.6 is 11.6 Å². The molecule has 0 fully saturated rings. The molecule has 0 unspecified atom stereocenters. The molecule has 31 heavy (non-hydrogen) atoms. The predicted molar refractivity (Wildman–Crippen MR) is 128 cm³/mol. The quantitative estimate of drug-likeness (QED) is 0.533. The fourth-order valence-electron chi connectivity index (χ4n) is 3.26. The van der Waals surface area contributed by atoms with E-state index in [2.05, 4.69) is 5.32 Å². The molecule has 1 amide bonds. The highest BCUT2D eigenvalue weighted by Gasteiger charge is 2.20. The van der Waals surface area contributed by atoms with Crippen molar-refractivity contribution in [3.63, 3.8) is 0 Å². The van der Waals surface area contributed by atoms with Crippen LogP contribution in [0.1, 0.15) is 32.6 Å². The summed E-state index contributed by atoms with van der Waals surface area (Å²) in [6, 6.07) is 17.9. The molecule has 3 aromatic rings. The van der Waals surface area contributed by atoms with Crippen molar-refractivity contribution in [3.05, 3.63) is 93.5 Å². The molecule has 0 aliphatic rings. The van der Waals surface area contributed by atoms with Crippen LogP contribution in [0.25, 0.3) is 0 Å². The van der Waals surface area contributed by atoms with Crippen LogP contribution in [-0.2, 0) is 16.6 Å². The minimum atomic E-state index is -3.49. The van der Waals surface area contributed by atoms with Crippen LogP contribution in [0.4, 0.5) is 11.4 Å². The second-order valence-electron chi connectivity index (χ2n) is 7.67. The Labute approximate surface area is 188 Å². The van der Waals surface area contributed by atoms with Gasteiger partial charge in [0.05, 0.1) is 18.5 Å². The number of hydrogen-bond acceptors (Lipinski definition) is 3. The molecular weight excluding hydrogens is 432 g/mol. The van der Waals surface area contributed by atoms with E-state index in [4.69, 9.17) is 11.6 Å². The standard InChI is InChI=1S/C24H25ClN2O3S/c1-16-5-6-17(2)23(13-16)27(31(4,29)30)15-19-7-9-20(10-8-19)24(28)26-22-12-11-21(25)14-18(22)3/h5-14H,15H2,1-4H3,(H,26,28). The van der Waals surface area contributed by atoms with Crippen molar-refractivity contribution >= 4 is 38.9 Å². The van der Waals surface area contributed by atoms with E-state index in [1.165, 1.54) is 10.6 Å². The molecule has 3 aromatic carbocycles. The van der Waals surface area contributed by atoms with Crippen molar-refractivity contribution in [3.8, 4) is 0 Å². The molecule has 0 aromatic heterocycles. The van der Waals surface area contributed by atoms with Gasteiger partial charge >= 0.3 is 0 Å². The first kappa shape index (κ1) is 22.8. The molecule has 0 radical (unpaired) electrons. The van der Waals surface area contributed by atoms with Crippen LogP contribution in [0.5, 0.6) is 0 Å². The molecule has 0 aliphatic heterocycles. The summed E-state index contributed by atoms with van der Waals surface area (Å²) in [4.78, 5) is 12.6. The first-order valence-electron chi connectivity index (χ1n) is 9.76. The van der Waals surface area contributed by atoms with E-state index in [0.29, 0.717) is 22.0 Å². The van der Waals surface area contributed by atoms with E-state index < -0.39 is 10.0 Å². The summed E-state index contributed by atoms with van der Waals surface area (Å²) in [7, 11) is -3.49. The number of nitrogens with zero attached hydrogens (tertiary/aromatic N) is 1. The summed E-state index contributed by atoms with van der Waals surface area (Å²) >= 11 is 5.96. The van der Waals surface area contributed by atoms with Gasteiger partial charge in [0.25, 0.3) is 5.91 Å². The molecular formula is C24H25ClN2O3S. The fraction of sp³-hybridized carbons (Fsp3) is 0.208. The zero-order valence-corrected chi connectivity index (χ0v) is 19.5. The minimum Gasteiger partial charge on any atom is -0.322 e. The molecule has 5 nitrogen and oxygen atoms in total. The number of benzene rings is 3. The third kappa shape index (κ3) is 5.66. The lowest BCUT2D eigenvalue weighted by atomic mass is 10.1. The van der Waals surface area contributed by atoms with Gasteiger partial charge in [-0.25, -0.2) is 8.42 Å². The molecule has 0 aliphatic carbocycles. The summed E-state index contributed by atoms with van der Waals surface area (Å²) in [6.45, 7) is 5.87. The minimum absolute atomic E-state index is 0.182. The Morgan fingerprint density at radius 2 is 1.61 bits per heavy atom. The summed E-state index contributed by atoms with van der Waals surface area (Å²) in [5.41, 5.74) is 5.35. The summed E-state index contributed by atoms with van der Waals surface area (Å²) in [5.74, 6) is -0.244. The summed E-state index contributed by atoms with van der Waals surface area (Å²) < 4.78 is 26.4. The second-order valence-corrected chi connectivity index (χ2v) is 10.0. The van der Waals surface area contributed by atoms with Crippen LogP contribution in [0.3, 0.4) is 0 Å². The lowest BCUT2D eigenvalue weighted by Crippen LogP contribution is -2.30. The normalized spacial score (nSPS) is 11.3. The van der Waals surface area contributed by atoms with E-state index in [9.17, 15) is 13.2 Å². The molecule has 1 N–H and O–H groups in total. The van der Waals surface area contributed by atoms with Gasteiger partial charge in [0.1, 0.15) is 0 Å². The number of nitrogens with one attached hydrogen (secondary N) is 1. The number of carbonyl (C=O) groups excluding carboxylic acids is 1.